The van der Waals surface area contributed by atoms with Crippen molar-refractivity contribution in [2.45, 2.75) is 26.2 Å². The molecule has 0 aliphatic heterocycles. The summed E-state index contributed by atoms with van der Waals surface area (Å²) in [4.78, 5) is 0. The minimum Gasteiger partial charge on any atom is -0.507 e. The highest BCUT2D eigenvalue weighted by Gasteiger charge is 2.15. The van der Waals surface area contributed by atoms with Crippen LogP contribution in [0.2, 0.25) is 10.0 Å². The van der Waals surface area contributed by atoms with E-state index < -0.39 is 0 Å². The van der Waals surface area contributed by atoms with Gasteiger partial charge in [-0.25, -0.2) is 0 Å². The topological polar surface area (TPSA) is 40.5 Å². The van der Waals surface area contributed by atoms with Crippen LogP contribution in [0.3, 0.4) is 0 Å². The minimum absolute atomic E-state index is 0.0188. The molecule has 2 N–H and O–H groups in total. The van der Waals surface area contributed by atoms with Crippen molar-refractivity contribution in [1.29, 1.82) is 0 Å². The summed E-state index contributed by atoms with van der Waals surface area (Å²) in [5, 5.41) is 21.3. The van der Waals surface area contributed by atoms with Crippen molar-refractivity contribution < 1.29 is 10.2 Å². The molecule has 0 saturated heterocycles. The van der Waals surface area contributed by atoms with Gasteiger partial charge in [0, 0.05) is 27.0 Å². The first-order valence-corrected chi connectivity index (χ1v) is 8.02. The number of phenols is 2. The molecule has 2 nitrogen and oxygen atoms in total. The first kappa shape index (κ1) is 16.5. The maximum atomic E-state index is 10.4. The van der Waals surface area contributed by atoms with Crippen LogP contribution in [0.25, 0.3) is 0 Å². The lowest BCUT2D eigenvalue weighted by Crippen LogP contribution is -1.96. The van der Waals surface area contributed by atoms with Crippen LogP contribution in [0, 0.1) is 0 Å². The molecule has 2 aromatic rings. The van der Waals surface area contributed by atoms with Crippen LogP contribution in [-0.4, -0.2) is 10.2 Å². The second-order valence-electron chi connectivity index (χ2n) is 5.23. The lowest BCUT2D eigenvalue weighted by Gasteiger charge is -2.14. The average molecular weight is 390 g/mol. The Morgan fingerprint density at radius 1 is 1.00 bits per heavy atom. The zero-order chi connectivity index (χ0) is 15.7. The summed E-state index contributed by atoms with van der Waals surface area (Å²) >= 11 is 15.4. The average Bonchev–Trinajstić information content (AvgIpc) is 2.38. The molecule has 0 aromatic heterocycles. The van der Waals surface area contributed by atoms with E-state index in [1.807, 2.05) is 13.8 Å². The Kier molecular flexibility index (Phi) is 5.07. The van der Waals surface area contributed by atoms with Gasteiger partial charge < -0.3 is 10.2 Å². The van der Waals surface area contributed by atoms with Crippen LogP contribution in [0.5, 0.6) is 11.5 Å². The minimum atomic E-state index is 0.0188. The molecule has 0 saturated carbocycles. The molecule has 0 heterocycles. The van der Waals surface area contributed by atoms with Gasteiger partial charge in [0.25, 0.3) is 0 Å². The zero-order valence-electron chi connectivity index (χ0n) is 11.6. The van der Waals surface area contributed by atoms with Crippen molar-refractivity contribution >= 4 is 39.1 Å². The molecule has 0 spiro atoms. The third-order valence-corrected chi connectivity index (χ3v) is 4.26. The van der Waals surface area contributed by atoms with E-state index in [1.54, 1.807) is 24.3 Å². The van der Waals surface area contributed by atoms with E-state index in [1.165, 1.54) is 0 Å². The van der Waals surface area contributed by atoms with Crippen LogP contribution in [0.4, 0.5) is 0 Å². The lowest BCUT2D eigenvalue weighted by molar-refractivity contribution is 0.456. The van der Waals surface area contributed by atoms with Crippen molar-refractivity contribution in [3.05, 3.63) is 55.5 Å². The monoisotopic (exact) mass is 388 g/mol. The predicted molar refractivity (Wildman–Crippen MR) is 90.8 cm³/mol. The summed E-state index contributed by atoms with van der Waals surface area (Å²) in [6.45, 7) is 3.98. The Morgan fingerprint density at radius 2 is 1.62 bits per heavy atom. The van der Waals surface area contributed by atoms with Crippen LogP contribution < -0.4 is 0 Å². The number of benzene rings is 2. The maximum absolute atomic E-state index is 10.4. The van der Waals surface area contributed by atoms with E-state index in [4.69, 9.17) is 23.2 Å². The summed E-state index contributed by atoms with van der Waals surface area (Å²) in [6.07, 6.45) is 0.344. The Hall–Kier alpha value is -0.900. The van der Waals surface area contributed by atoms with E-state index >= 15 is 0 Å². The first-order chi connectivity index (χ1) is 9.79. The summed E-state index contributed by atoms with van der Waals surface area (Å²) in [7, 11) is 0. The summed E-state index contributed by atoms with van der Waals surface area (Å²) < 4.78 is 0.769. The van der Waals surface area contributed by atoms with Crippen LogP contribution in [0.15, 0.2) is 28.7 Å². The van der Waals surface area contributed by atoms with Crippen molar-refractivity contribution in [1.82, 2.24) is 0 Å². The summed E-state index contributed by atoms with van der Waals surface area (Å²) in [5.41, 5.74) is 2.08. The number of hydrogen-bond donors (Lipinski definition) is 2. The van der Waals surface area contributed by atoms with Gasteiger partial charge in [-0.1, -0.05) is 53.0 Å². The fourth-order valence-electron chi connectivity index (χ4n) is 2.21. The van der Waals surface area contributed by atoms with Gasteiger partial charge in [-0.15, -0.1) is 0 Å². The molecule has 2 rings (SSSR count). The molecule has 0 bridgehead atoms. The normalized spacial score (nSPS) is 11.1. The SMILES string of the molecule is CC(C)c1cc(Cl)cc(Cc2cc(Br)cc(Cl)c2O)c1O. The quantitative estimate of drug-likeness (QED) is 0.687. The molecule has 0 atom stereocenters. The Bertz CT molecular complexity index is 684. The van der Waals surface area contributed by atoms with Gasteiger partial charge in [-0.05, 0) is 35.7 Å². The second-order valence-corrected chi connectivity index (χ2v) is 6.99. The van der Waals surface area contributed by atoms with Crippen molar-refractivity contribution in [3.63, 3.8) is 0 Å². The van der Waals surface area contributed by atoms with Gasteiger partial charge >= 0.3 is 0 Å². The number of phenolic OH excluding ortho intramolecular Hbond substituents is 2. The highest BCUT2D eigenvalue weighted by atomic mass is 79.9. The number of halogens is 3. The summed E-state index contributed by atoms with van der Waals surface area (Å²) in [6, 6.07) is 6.87. The van der Waals surface area contributed by atoms with Gasteiger partial charge in [0.05, 0.1) is 5.02 Å². The molecule has 0 fully saturated rings. The first-order valence-electron chi connectivity index (χ1n) is 6.47. The number of rotatable bonds is 3. The Balaban J connectivity index is 2.50. The highest BCUT2D eigenvalue weighted by Crippen LogP contribution is 2.37. The molecule has 0 aliphatic rings. The molecular formula is C16H15BrCl2O2. The standard InChI is InChI=1S/C16H15BrCl2O2/c1-8(2)13-7-12(18)5-10(15(13)20)3-9-4-11(17)6-14(19)16(9)21/h4-8,20-21H,3H2,1-2H3. The Labute approximate surface area is 142 Å². The van der Waals surface area contributed by atoms with E-state index in [0.717, 1.165) is 10.0 Å². The van der Waals surface area contributed by atoms with Crippen LogP contribution >= 0.6 is 39.1 Å². The summed E-state index contributed by atoms with van der Waals surface area (Å²) in [5.74, 6) is 0.386. The van der Waals surface area contributed by atoms with Crippen LogP contribution in [0.1, 0.15) is 36.5 Å². The highest BCUT2D eigenvalue weighted by molar-refractivity contribution is 9.10. The fourth-order valence-corrected chi connectivity index (χ4v) is 3.34. The molecular weight excluding hydrogens is 375 g/mol. The second kappa shape index (κ2) is 6.47. The molecule has 112 valence electrons. The molecule has 0 radical (unpaired) electrons. The largest absolute Gasteiger partial charge is 0.507 e. The van der Waals surface area contributed by atoms with Gasteiger partial charge in [0.1, 0.15) is 11.5 Å². The molecule has 0 amide bonds. The number of aromatic hydroxyl groups is 2. The van der Waals surface area contributed by atoms with Crippen LogP contribution in [-0.2, 0) is 6.42 Å². The van der Waals surface area contributed by atoms with Crippen molar-refractivity contribution in [3.8, 4) is 11.5 Å². The predicted octanol–water partition coefficient (Wildman–Crippen LogP) is 5.88. The Morgan fingerprint density at radius 3 is 2.24 bits per heavy atom. The van der Waals surface area contributed by atoms with Gasteiger partial charge in [-0.2, -0.15) is 0 Å². The third-order valence-electron chi connectivity index (χ3n) is 3.29. The zero-order valence-corrected chi connectivity index (χ0v) is 14.7. The maximum Gasteiger partial charge on any atom is 0.137 e. The van der Waals surface area contributed by atoms with Crippen molar-refractivity contribution in [2.24, 2.45) is 0 Å². The van der Waals surface area contributed by atoms with Gasteiger partial charge in [-0.3, -0.25) is 0 Å². The lowest BCUT2D eigenvalue weighted by atomic mass is 9.95. The van der Waals surface area contributed by atoms with E-state index in [2.05, 4.69) is 15.9 Å². The van der Waals surface area contributed by atoms with E-state index in [0.29, 0.717) is 22.6 Å². The number of hydrogen-bond acceptors (Lipinski definition) is 2. The molecule has 5 heteroatoms. The van der Waals surface area contributed by atoms with Crippen molar-refractivity contribution in [2.75, 3.05) is 0 Å². The fraction of sp³-hybridized carbons (Fsp3) is 0.250. The molecule has 2 aromatic carbocycles. The van der Waals surface area contributed by atoms with Gasteiger partial charge in [0.15, 0.2) is 0 Å². The van der Waals surface area contributed by atoms with Gasteiger partial charge in [0.2, 0.25) is 0 Å². The van der Waals surface area contributed by atoms with E-state index in [-0.39, 0.29) is 22.4 Å². The smallest absolute Gasteiger partial charge is 0.137 e. The molecule has 0 unspecified atom stereocenters. The third kappa shape index (κ3) is 3.65. The molecule has 0 aliphatic carbocycles. The van der Waals surface area contributed by atoms with E-state index in [9.17, 15) is 10.2 Å². The molecule has 21 heavy (non-hydrogen) atoms.